The van der Waals surface area contributed by atoms with Crippen LogP contribution in [-0.2, 0) is 4.79 Å². The molecular weight excluding hydrogens is 369 g/mol. The number of H-pyrrole nitrogens is 1. The molecule has 0 fully saturated rings. The Morgan fingerprint density at radius 2 is 2.12 bits per heavy atom. The topological polar surface area (TPSA) is 67.0 Å². The summed E-state index contributed by atoms with van der Waals surface area (Å²) in [7, 11) is 1.61. The SMILES string of the molecule is COc1ccc2nc(SCC(=O)Nc3cc(Cl)ccc3Cl)[nH]c2c1. The first-order valence-electron chi connectivity index (χ1n) is 6.96. The smallest absolute Gasteiger partial charge is 0.234 e. The number of aromatic nitrogens is 2. The molecule has 24 heavy (non-hydrogen) atoms. The van der Waals surface area contributed by atoms with Gasteiger partial charge in [-0.25, -0.2) is 4.98 Å². The minimum Gasteiger partial charge on any atom is -0.497 e. The third-order valence-electron chi connectivity index (χ3n) is 3.21. The van der Waals surface area contributed by atoms with E-state index in [4.69, 9.17) is 27.9 Å². The number of anilines is 1. The predicted molar refractivity (Wildman–Crippen MR) is 98.5 cm³/mol. The number of carbonyl (C=O) groups excluding carboxylic acids is 1. The summed E-state index contributed by atoms with van der Waals surface area (Å²) >= 11 is 13.2. The largest absolute Gasteiger partial charge is 0.497 e. The molecule has 1 aromatic heterocycles. The van der Waals surface area contributed by atoms with Gasteiger partial charge in [0, 0.05) is 11.1 Å². The van der Waals surface area contributed by atoms with Gasteiger partial charge in [-0.15, -0.1) is 0 Å². The standard InChI is InChI=1S/C16H13Cl2N3O2S/c1-23-10-3-5-12-14(7-10)21-16(20-12)24-8-15(22)19-13-6-9(17)2-4-11(13)18/h2-7H,8H2,1H3,(H,19,22)(H,20,21). The number of thioether (sulfide) groups is 1. The summed E-state index contributed by atoms with van der Waals surface area (Å²) < 4.78 is 5.17. The lowest BCUT2D eigenvalue weighted by Gasteiger charge is -2.06. The van der Waals surface area contributed by atoms with Crippen molar-refractivity contribution in [2.75, 3.05) is 18.2 Å². The molecule has 0 atom stereocenters. The van der Waals surface area contributed by atoms with Gasteiger partial charge in [-0.1, -0.05) is 35.0 Å². The summed E-state index contributed by atoms with van der Waals surface area (Å²) in [6.45, 7) is 0. The van der Waals surface area contributed by atoms with E-state index in [1.165, 1.54) is 11.8 Å². The monoisotopic (exact) mass is 381 g/mol. The first-order chi connectivity index (χ1) is 11.5. The van der Waals surface area contributed by atoms with Crippen LogP contribution in [0, 0.1) is 0 Å². The zero-order valence-electron chi connectivity index (χ0n) is 12.6. The molecule has 0 unspecified atom stereocenters. The number of halogens is 2. The minimum absolute atomic E-state index is 0.192. The van der Waals surface area contributed by atoms with Gasteiger partial charge in [0.1, 0.15) is 5.75 Å². The van der Waals surface area contributed by atoms with Crippen molar-refractivity contribution in [1.82, 2.24) is 9.97 Å². The summed E-state index contributed by atoms with van der Waals surface area (Å²) in [5, 5.41) is 4.34. The first kappa shape index (κ1) is 17.0. The van der Waals surface area contributed by atoms with E-state index in [-0.39, 0.29) is 11.7 Å². The Bertz CT molecular complexity index is 898. The molecule has 0 bridgehead atoms. The van der Waals surface area contributed by atoms with Crippen LogP contribution in [0.15, 0.2) is 41.6 Å². The Labute approximate surface area is 152 Å². The van der Waals surface area contributed by atoms with Crippen molar-refractivity contribution in [3.8, 4) is 5.75 Å². The maximum Gasteiger partial charge on any atom is 0.234 e. The number of aromatic amines is 1. The molecule has 0 radical (unpaired) electrons. The molecule has 1 amide bonds. The van der Waals surface area contributed by atoms with Crippen molar-refractivity contribution in [3.63, 3.8) is 0 Å². The van der Waals surface area contributed by atoms with Gasteiger partial charge in [0.05, 0.1) is 34.6 Å². The van der Waals surface area contributed by atoms with Crippen LogP contribution in [0.4, 0.5) is 5.69 Å². The molecule has 124 valence electrons. The summed E-state index contributed by atoms with van der Waals surface area (Å²) in [6, 6.07) is 10.5. The second-order valence-electron chi connectivity index (χ2n) is 4.89. The Kier molecular flexibility index (Phi) is 5.18. The quantitative estimate of drug-likeness (QED) is 0.633. The van der Waals surface area contributed by atoms with E-state index in [2.05, 4.69) is 15.3 Å². The molecule has 0 aliphatic rings. The van der Waals surface area contributed by atoms with Crippen molar-refractivity contribution in [1.29, 1.82) is 0 Å². The first-order valence-corrected chi connectivity index (χ1v) is 8.71. The van der Waals surface area contributed by atoms with Gasteiger partial charge in [-0.05, 0) is 30.3 Å². The molecular formula is C16H13Cl2N3O2S. The predicted octanol–water partition coefficient (Wildman–Crippen LogP) is 4.61. The van der Waals surface area contributed by atoms with Gasteiger partial charge < -0.3 is 15.0 Å². The molecule has 2 aromatic carbocycles. The van der Waals surface area contributed by atoms with Crippen LogP contribution in [0.1, 0.15) is 0 Å². The average molecular weight is 382 g/mol. The lowest BCUT2D eigenvalue weighted by Crippen LogP contribution is -2.14. The molecule has 0 spiro atoms. The highest BCUT2D eigenvalue weighted by Gasteiger charge is 2.10. The third-order valence-corrected chi connectivity index (χ3v) is 4.65. The molecule has 2 N–H and O–H groups in total. The number of rotatable bonds is 5. The number of ether oxygens (including phenoxy) is 1. The Balaban J connectivity index is 1.64. The van der Waals surface area contributed by atoms with Gasteiger partial charge in [-0.3, -0.25) is 4.79 Å². The average Bonchev–Trinajstić information content (AvgIpc) is 2.98. The number of nitrogens with zero attached hydrogens (tertiary/aromatic N) is 1. The zero-order valence-corrected chi connectivity index (χ0v) is 14.9. The van der Waals surface area contributed by atoms with Crippen LogP contribution >= 0.6 is 35.0 Å². The van der Waals surface area contributed by atoms with E-state index in [0.29, 0.717) is 20.9 Å². The minimum atomic E-state index is -0.192. The van der Waals surface area contributed by atoms with E-state index >= 15 is 0 Å². The fourth-order valence-electron chi connectivity index (χ4n) is 2.07. The Morgan fingerprint density at radius 3 is 2.92 bits per heavy atom. The molecule has 3 rings (SSSR count). The van der Waals surface area contributed by atoms with Crippen molar-refractivity contribution in [3.05, 3.63) is 46.4 Å². The summed E-state index contributed by atoms with van der Waals surface area (Å²) in [5.41, 5.74) is 2.16. The Morgan fingerprint density at radius 1 is 1.29 bits per heavy atom. The number of fused-ring (bicyclic) bond motifs is 1. The van der Waals surface area contributed by atoms with E-state index in [0.717, 1.165) is 16.8 Å². The summed E-state index contributed by atoms with van der Waals surface area (Å²) in [5.74, 6) is 0.748. The number of benzene rings is 2. The van der Waals surface area contributed by atoms with Crippen LogP contribution in [0.5, 0.6) is 5.75 Å². The molecule has 8 heteroatoms. The van der Waals surface area contributed by atoms with Gasteiger partial charge >= 0.3 is 0 Å². The molecule has 0 aliphatic heterocycles. The number of amides is 1. The maximum absolute atomic E-state index is 12.1. The van der Waals surface area contributed by atoms with E-state index < -0.39 is 0 Å². The van der Waals surface area contributed by atoms with Crippen LogP contribution < -0.4 is 10.1 Å². The third kappa shape index (κ3) is 3.95. The highest BCUT2D eigenvalue weighted by atomic mass is 35.5. The van der Waals surface area contributed by atoms with Crippen molar-refractivity contribution in [2.24, 2.45) is 0 Å². The van der Waals surface area contributed by atoms with E-state index in [1.54, 1.807) is 25.3 Å². The fourth-order valence-corrected chi connectivity index (χ4v) is 3.10. The van der Waals surface area contributed by atoms with Crippen LogP contribution in [0.25, 0.3) is 11.0 Å². The number of carbonyl (C=O) groups is 1. The lowest BCUT2D eigenvalue weighted by atomic mass is 10.3. The van der Waals surface area contributed by atoms with Gasteiger partial charge in [0.15, 0.2) is 5.16 Å². The van der Waals surface area contributed by atoms with Gasteiger partial charge in [-0.2, -0.15) is 0 Å². The molecule has 3 aromatic rings. The number of imidazole rings is 1. The summed E-state index contributed by atoms with van der Waals surface area (Å²) in [4.78, 5) is 19.6. The van der Waals surface area contributed by atoms with Gasteiger partial charge in [0.2, 0.25) is 5.91 Å². The summed E-state index contributed by atoms with van der Waals surface area (Å²) in [6.07, 6.45) is 0. The molecule has 1 heterocycles. The second kappa shape index (κ2) is 7.34. The lowest BCUT2D eigenvalue weighted by molar-refractivity contribution is -0.113. The fraction of sp³-hybridized carbons (Fsp3) is 0.125. The van der Waals surface area contributed by atoms with E-state index in [1.807, 2.05) is 18.2 Å². The number of hydrogen-bond acceptors (Lipinski definition) is 4. The number of methoxy groups -OCH3 is 1. The highest BCUT2D eigenvalue weighted by molar-refractivity contribution is 7.99. The normalized spacial score (nSPS) is 10.8. The van der Waals surface area contributed by atoms with Crippen molar-refractivity contribution < 1.29 is 9.53 Å². The zero-order chi connectivity index (χ0) is 17.1. The maximum atomic E-state index is 12.1. The van der Waals surface area contributed by atoms with E-state index in [9.17, 15) is 4.79 Å². The number of nitrogens with one attached hydrogen (secondary N) is 2. The molecule has 0 saturated carbocycles. The Hall–Kier alpha value is -1.89. The molecule has 0 saturated heterocycles. The molecule has 0 aliphatic carbocycles. The molecule has 5 nitrogen and oxygen atoms in total. The number of hydrogen-bond donors (Lipinski definition) is 2. The highest BCUT2D eigenvalue weighted by Crippen LogP contribution is 2.26. The van der Waals surface area contributed by atoms with Gasteiger partial charge in [0.25, 0.3) is 0 Å². The van der Waals surface area contributed by atoms with Crippen LogP contribution in [-0.4, -0.2) is 28.7 Å². The van der Waals surface area contributed by atoms with Crippen molar-refractivity contribution >= 4 is 57.6 Å². The van der Waals surface area contributed by atoms with Crippen LogP contribution in [0.2, 0.25) is 10.0 Å². The second-order valence-corrected chi connectivity index (χ2v) is 6.69. The van der Waals surface area contributed by atoms with Crippen molar-refractivity contribution in [2.45, 2.75) is 5.16 Å². The van der Waals surface area contributed by atoms with Crippen LogP contribution in [0.3, 0.4) is 0 Å².